The van der Waals surface area contributed by atoms with Crippen LogP contribution in [-0.4, -0.2) is 16.1 Å². The largest absolute Gasteiger partial charge is 0.309 e. The fourth-order valence-corrected chi connectivity index (χ4v) is 2.51. The molecule has 0 saturated carbocycles. The second kappa shape index (κ2) is 3.98. The van der Waals surface area contributed by atoms with E-state index >= 15 is 0 Å². The van der Waals surface area contributed by atoms with Gasteiger partial charge in [-0.2, -0.15) is 5.10 Å². The number of nitrogens with one attached hydrogen (secondary N) is 2. The number of aryl methyl sites for hydroxylation is 2. The summed E-state index contributed by atoms with van der Waals surface area (Å²) in [5.41, 5.74) is 4.53. The normalized spacial score (nSPS) is 18.3. The first-order chi connectivity index (χ1) is 8.65. The van der Waals surface area contributed by atoms with E-state index in [1.54, 1.807) is 0 Å². The zero-order valence-corrected chi connectivity index (χ0v) is 10.4. The molecule has 0 radical (unpaired) electrons. The molecular weight excluding hydrogens is 226 g/mol. The number of anilines is 1. The van der Waals surface area contributed by atoms with E-state index in [2.05, 4.69) is 46.7 Å². The molecule has 1 atom stereocenters. The Morgan fingerprint density at radius 3 is 2.67 bits per heavy atom. The van der Waals surface area contributed by atoms with Crippen molar-refractivity contribution in [2.45, 2.75) is 26.2 Å². The Morgan fingerprint density at radius 2 is 1.94 bits per heavy atom. The molecule has 2 N–H and O–H groups in total. The number of amides is 1. The van der Waals surface area contributed by atoms with Crippen LogP contribution in [0.4, 0.5) is 5.82 Å². The summed E-state index contributed by atoms with van der Waals surface area (Å²) in [6, 6.07) is 8.34. The van der Waals surface area contributed by atoms with Crippen molar-refractivity contribution in [2.24, 2.45) is 0 Å². The molecule has 0 fully saturated rings. The standard InChI is InChI=1S/C14H15N3O/c1-8-3-5-10(6-4-8)11-7-12(18)15-14-13(11)9(2)16-17-14/h3-6,11H,7H2,1-2H3,(H2,15,16,17,18)/t11-/m0/s1. The van der Waals surface area contributed by atoms with Gasteiger partial charge in [0.15, 0.2) is 5.82 Å². The number of benzene rings is 1. The first-order valence-corrected chi connectivity index (χ1v) is 6.06. The van der Waals surface area contributed by atoms with Crippen molar-refractivity contribution in [3.05, 3.63) is 46.6 Å². The summed E-state index contributed by atoms with van der Waals surface area (Å²) in [6.45, 7) is 4.05. The van der Waals surface area contributed by atoms with Crippen LogP contribution in [0.3, 0.4) is 0 Å². The van der Waals surface area contributed by atoms with Gasteiger partial charge in [-0.25, -0.2) is 0 Å². The lowest BCUT2D eigenvalue weighted by molar-refractivity contribution is -0.116. The van der Waals surface area contributed by atoms with Crippen molar-refractivity contribution in [3.63, 3.8) is 0 Å². The second-order valence-corrected chi connectivity index (χ2v) is 4.83. The predicted molar refractivity (Wildman–Crippen MR) is 69.6 cm³/mol. The van der Waals surface area contributed by atoms with E-state index in [-0.39, 0.29) is 11.8 Å². The predicted octanol–water partition coefficient (Wildman–Crippen LogP) is 2.50. The average Bonchev–Trinajstić information content (AvgIpc) is 2.71. The Balaban J connectivity index is 2.09. The van der Waals surface area contributed by atoms with Crippen molar-refractivity contribution < 1.29 is 4.79 Å². The van der Waals surface area contributed by atoms with E-state index in [9.17, 15) is 4.79 Å². The number of carbonyl (C=O) groups is 1. The molecule has 4 nitrogen and oxygen atoms in total. The van der Waals surface area contributed by atoms with Crippen LogP contribution in [0.15, 0.2) is 24.3 Å². The molecule has 0 spiro atoms. The number of rotatable bonds is 1. The number of aromatic nitrogens is 2. The quantitative estimate of drug-likeness (QED) is 0.806. The lowest BCUT2D eigenvalue weighted by atomic mass is 9.85. The van der Waals surface area contributed by atoms with E-state index < -0.39 is 0 Å². The maximum absolute atomic E-state index is 11.7. The minimum absolute atomic E-state index is 0.0274. The van der Waals surface area contributed by atoms with Gasteiger partial charge in [0.05, 0.1) is 0 Å². The van der Waals surface area contributed by atoms with Crippen LogP contribution >= 0.6 is 0 Å². The first kappa shape index (κ1) is 11.0. The van der Waals surface area contributed by atoms with Gasteiger partial charge in [0, 0.05) is 23.6 Å². The van der Waals surface area contributed by atoms with Crippen LogP contribution in [0.2, 0.25) is 0 Å². The Kier molecular flexibility index (Phi) is 2.44. The number of fused-ring (bicyclic) bond motifs is 1. The van der Waals surface area contributed by atoms with Crippen molar-refractivity contribution >= 4 is 11.7 Å². The molecule has 2 heterocycles. The Hall–Kier alpha value is -2.10. The van der Waals surface area contributed by atoms with Crippen LogP contribution < -0.4 is 5.32 Å². The SMILES string of the molecule is Cc1ccc([C@@H]2CC(=O)Nc3n[nH]c(C)c32)cc1. The molecule has 0 saturated heterocycles. The fourth-order valence-electron chi connectivity index (χ4n) is 2.51. The first-order valence-electron chi connectivity index (χ1n) is 6.06. The lowest BCUT2D eigenvalue weighted by Crippen LogP contribution is -2.23. The summed E-state index contributed by atoms with van der Waals surface area (Å²) >= 11 is 0. The fraction of sp³-hybridized carbons (Fsp3) is 0.286. The van der Waals surface area contributed by atoms with E-state index in [1.165, 1.54) is 11.1 Å². The van der Waals surface area contributed by atoms with E-state index in [4.69, 9.17) is 0 Å². The zero-order chi connectivity index (χ0) is 12.7. The second-order valence-electron chi connectivity index (χ2n) is 4.83. The van der Waals surface area contributed by atoms with Crippen LogP contribution in [-0.2, 0) is 4.79 Å². The van der Waals surface area contributed by atoms with Gasteiger partial charge in [-0.05, 0) is 19.4 Å². The monoisotopic (exact) mass is 241 g/mol. The molecule has 0 bridgehead atoms. The van der Waals surface area contributed by atoms with Gasteiger partial charge < -0.3 is 5.32 Å². The van der Waals surface area contributed by atoms with Crippen molar-refractivity contribution in [3.8, 4) is 0 Å². The van der Waals surface area contributed by atoms with Gasteiger partial charge in [0.1, 0.15) is 0 Å². The molecule has 18 heavy (non-hydrogen) atoms. The van der Waals surface area contributed by atoms with Gasteiger partial charge >= 0.3 is 0 Å². The van der Waals surface area contributed by atoms with Gasteiger partial charge in [-0.3, -0.25) is 9.89 Å². The molecule has 1 aromatic carbocycles. The maximum atomic E-state index is 11.7. The highest BCUT2D eigenvalue weighted by atomic mass is 16.1. The minimum Gasteiger partial charge on any atom is -0.309 e. The minimum atomic E-state index is 0.0274. The van der Waals surface area contributed by atoms with E-state index in [0.29, 0.717) is 12.2 Å². The Morgan fingerprint density at radius 1 is 1.22 bits per heavy atom. The molecule has 1 aromatic heterocycles. The topological polar surface area (TPSA) is 57.8 Å². The number of hydrogen-bond acceptors (Lipinski definition) is 2. The van der Waals surface area contributed by atoms with Gasteiger partial charge in [0.25, 0.3) is 0 Å². The van der Waals surface area contributed by atoms with Crippen LogP contribution in [0, 0.1) is 13.8 Å². The van der Waals surface area contributed by atoms with Crippen molar-refractivity contribution in [2.75, 3.05) is 5.32 Å². The molecule has 1 aliphatic rings. The lowest BCUT2D eigenvalue weighted by Gasteiger charge is -2.23. The summed E-state index contributed by atoms with van der Waals surface area (Å²) < 4.78 is 0. The van der Waals surface area contributed by atoms with Crippen LogP contribution in [0.25, 0.3) is 0 Å². The molecule has 92 valence electrons. The Bertz CT molecular complexity index is 598. The van der Waals surface area contributed by atoms with Crippen LogP contribution in [0.5, 0.6) is 0 Å². The van der Waals surface area contributed by atoms with E-state index in [0.717, 1.165) is 11.3 Å². The molecule has 1 aliphatic heterocycles. The highest BCUT2D eigenvalue weighted by Crippen LogP contribution is 2.37. The smallest absolute Gasteiger partial charge is 0.226 e. The van der Waals surface area contributed by atoms with Gasteiger partial charge in [-0.15, -0.1) is 0 Å². The molecular formula is C14H15N3O. The highest BCUT2D eigenvalue weighted by molar-refractivity contribution is 5.94. The molecule has 1 amide bonds. The number of hydrogen-bond donors (Lipinski definition) is 2. The summed E-state index contributed by atoms with van der Waals surface area (Å²) in [4.78, 5) is 11.7. The van der Waals surface area contributed by atoms with Crippen molar-refractivity contribution in [1.29, 1.82) is 0 Å². The molecule has 2 aromatic rings. The van der Waals surface area contributed by atoms with Crippen LogP contribution in [0.1, 0.15) is 34.7 Å². The highest BCUT2D eigenvalue weighted by Gasteiger charge is 2.30. The Labute approximate surface area is 105 Å². The third kappa shape index (κ3) is 1.70. The number of carbonyl (C=O) groups excluding carboxylic acids is 1. The van der Waals surface area contributed by atoms with Gasteiger partial charge in [0.2, 0.25) is 5.91 Å². The molecule has 4 heteroatoms. The third-order valence-corrected chi connectivity index (χ3v) is 3.47. The van der Waals surface area contributed by atoms with E-state index in [1.807, 2.05) is 6.92 Å². The maximum Gasteiger partial charge on any atom is 0.226 e. The summed E-state index contributed by atoms with van der Waals surface area (Å²) in [7, 11) is 0. The van der Waals surface area contributed by atoms with Crippen molar-refractivity contribution in [1.82, 2.24) is 10.2 Å². The summed E-state index contributed by atoms with van der Waals surface area (Å²) in [5.74, 6) is 0.807. The molecule has 0 unspecified atom stereocenters. The molecule has 0 aliphatic carbocycles. The summed E-state index contributed by atoms with van der Waals surface area (Å²) in [6.07, 6.45) is 0.483. The summed E-state index contributed by atoms with van der Waals surface area (Å²) in [5, 5.41) is 9.90. The zero-order valence-electron chi connectivity index (χ0n) is 10.4. The number of H-pyrrole nitrogens is 1. The molecule has 3 rings (SSSR count). The average molecular weight is 241 g/mol. The number of aromatic amines is 1. The third-order valence-electron chi connectivity index (χ3n) is 3.47. The number of nitrogens with zero attached hydrogens (tertiary/aromatic N) is 1. The van der Waals surface area contributed by atoms with Gasteiger partial charge in [-0.1, -0.05) is 29.8 Å².